The molecule has 3 aromatic carbocycles. The van der Waals surface area contributed by atoms with Gasteiger partial charge in [-0.15, -0.1) is 0 Å². The Morgan fingerprint density at radius 1 is 0.943 bits per heavy atom. The Kier molecular flexibility index (Phi) is 6.18. The van der Waals surface area contributed by atoms with E-state index < -0.39 is 0 Å². The largest absolute Gasteiger partial charge is 0.337 e. The van der Waals surface area contributed by atoms with Gasteiger partial charge in [-0.1, -0.05) is 48.2 Å². The summed E-state index contributed by atoms with van der Waals surface area (Å²) >= 11 is 3.04. The molecule has 0 saturated carbocycles. The summed E-state index contributed by atoms with van der Waals surface area (Å²) in [6, 6.07) is 21.9. The van der Waals surface area contributed by atoms with Crippen molar-refractivity contribution in [2.75, 3.05) is 11.9 Å². The molecule has 7 heteroatoms. The number of carbonyl (C=O) groups is 1. The number of amides is 1. The van der Waals surface area contributed by atoms with E-state index in [1.54, 1.807) is 28.8 Å². The van der Waals surface area contributed by atoms with Gasteiger partial charge in [0, 0.05) is 11.9 Å². The average molecular weight is 497 g/mol. The lowest BCUT2D eigenvalue weighted by Gasteiger charge is -2.17. The second-order valence-corrected chi connectivity index (χ2v) is 10.7. The molecule has 174 valence electrons. The van der Waals surface area contributed by atoms with Crippen molar-refractivity contribution in [2.45, 2.75) is 32.2 Å². The summed E-state index contributed by atoms with van der Waals surface area (Å²) in [5, 5.41) is 10.9. The number of benzene rings is 3. The molecule has 2 aliphatic rings. The number of nitrogens with zero attached hydrogens (tertiary/aromatic N) is 4. The van der Waals surface area contributed by atoms with Crippen molar-refractivity contribution >= 4 is 46.0 Å². The number of hydrogen-bond donors (Lipinski definition) is 0. The zero-order valence-corrected chi connectivity index (χ0v) is 21.6. The highest BCUT2D eigenvalue weighted by atomic mass is 32.2. The first-order valence-electron chi connectivity index (χ1n) is 11.3. The summed E-state index contributed by atoms with van der Waals surface area (Å²) in [5.74, 6) is -0.0534. The molecule has 0 aromatic heterocycles. The van der Waals surface area contributed by atoms with Crippen LogP contribution >= 0.6 is 23.5 Å². The quantitative estimate of drug-likeness (QED) is 0.380. The Balaban J connectivity index is 1.59. The summed E-state index contributed by atoms with van der Waals surface area (Å²) < 4.78 is 0. The van der Waals surface area contributed by atoms with Gasteiger partial charge >= 0.3 is 0 Å². The first-order chi connectivity index (χ1) is 16.9. The molecule has 0 aliphatic carbocycles. The molecule has 3 aromatic rings. The summed E-state index contributed by atoms with van der Waals surface area (Å²) in [4.78, 5) is 24.4. The van der Waals surface area contributed by atoms with Gasteiger partial charge in [0.05, 0.1) is 34.6 Å². The number of hydrogen-bond acceptors (Lipinski definition) is 6. The van der Waals surface area contributed by atoms with E-state index in [9.17, 15) is 10.1 Å². The lowest BCUT2D eigenvalue weighted by atomic mass is 10.1. The van der Waals surface area contributed by atoms with Crippen LogP contribution < -0.4 is 4.90 Å². The van der Waals surface area contributed by atoms with Crippen molar-refractivity contribution in [1.82, 2.24) is 4.90 Å². The molecule has 0 unspecified atom stereocenters. The minimum atomic E-state index is -0.0534. The van der Waals surface area contributed by atoms with Gasteiger partial charge in [-0.2, -0.15) is 5.26 Å². The van der Waals surface area contributed by atoms with Crippen LogP contribution in [0.25, 0.3) is 0 Å². The van der Waals surface area contributed by atoms with Crippen molar-refractivity contribution in [3.8, 4) is 6.07 Å². The maximum Gasteiger partial charge on any atom is 0.269 e. The normalized spacial score (nSPS) is 18.4. The second-order valence-electron chi connectivity index (χ2n) is 8.69. The molecule has 1 amide bonds. The van der Waals surface area contributed by atoms with E-state index in [0.29, 0.717) is 27.9 Å². The molecule has 35 heavy (non-hydrogen) atoms. The Morgan fingerprint density at radius 3 is 2.43 bits per heavy atom. The highest BCUT2D eigenvalue weighted by Gasteiger charge is 2.39. The molecule has 5 nitrogen and oxygen atoms in total. The van der Waals surface area contributed by atoms with E-state index in [1.807, 2.05) is 50.4 Å². The number of rotatable bonds is 3. The van der Waals surface area contributed by atoms with Crippen LogP contribution in [0.2, 0.25) is 0 Å². The third-order valence-corrected chi connectivity index (χ3v) is 8.66. The zero-order valence-electron chi connectivity index (χ0n) is 20.0. The minimum Gasteiger partial charge on any atom is -0.337 e. The number of nitriles is 1. The van der Waals surface area contributed by atoms with E-state index in [1.165, 1.54) is 22.9 Å². The van der Waals surface area contributed by atoms with Gasteiger partial charge in [0.2, 0.25) is 0 Å². The Morgan fingerprint density at radius 2 is 1.69 bits per heavy atom. The van der Waals surface area contributed by atoms with Crippen LogP contribution in [0.3, 0.4) is 0 Å². The van der Waals surface area contributed by atoms with Crippen molar-refractivity contribution in [3.63, 3.8) is 0 Å². The van der Waals surface area contributed by atoms with E-state index in [0.717, 1.165) is 26.7 Å². The maximum atomic E-state index is 13.8. The summed E-state index contributed by atoms with van der Waals surface area (Å²) in [7, 11) is 2.01. The SMILES string of the molecule is Cc1cc2c(cc1C)N(C)C(=C1SC(=Nc3cc(C#N)ccc3C)N(Cc3ccccc3)C1=O)S2. The van der Waals surface area contributed by atoms with Crippen LogP contribution in [-0.2, 0) is 11.3 Å². The van der Waals surface area contributed by atoms with Crippen molar-refractivity contribution in [3.05, 3.63) is 98.4 Å². The second kappa shape index (κ2) is 9.29. The number of aliphatic imine (C=N–C) groups is 1. The average Bonchev–Trinajstić information content (AvgIpc) is 3.32. The number of anilines is 1. The Hall–Kier alpha value is -3.47. The van der Waals surface area contributed by atoms with Crippen LogP contribution in [0.1, 0.15) is 27.8 Å². The highest BCUT2D eigenvalue weighted by Crippen LogP contribution is 2.51. The fourth-order valence-electron chi connectivity index (χ4n) is 4.02. The van der Waals surface area contributed by atoms with E-state index >= 15 is 0 Å². The third kappa shape index (κ3) is 4.36. The summed E-state index contributed by atoms with van der Waals surface area (Å²) in [6.45, 7) is 6.61. The first-order valence-corrected chi connectivity index (χ1v) is 12.9. The van der Waals surface area contributed by atoms with Crippen molar-refractivity contribution < 1.29 is 4.79 Å². The van der Waals surface area contributed by atoms with Gasteiger partial charge < -0.3 is 4.90 Å². The van der Waals surface area contributed by atoms with Gasteiger partial charge in [-0.05, 0) is 79.1 Å². The predicted molar refractivity (Wildman–Crippen MR) is 145 cm³/mol. The molecule has 0 atom stereocenters. The van der Waals surface area contributed by atoms with Crippen molar-refractivity contribution in [1.29, 1.82) is 5.26 Å². The number of thioether (sulfide) groups is 2. The molecule has 0 spiro atoms. The summed E-state index contributed by atoms with van der Waals surface area (Å²) in [6.07, 6.45) is 0. The van der Waals surface area contributed by atoms with Crippen LogP contribution in [-0.4, -0.2) is 23.0 Å². The molecule has 2 aliphatic heterocycles. The van der Waals surface area contributed by atoms with Crippen LogP contribution in [0.5, 0.6) is 0 Å². The molecule has 0 radical (unpaired) electrons. The van der Waals surface area contributed by atoms with Crippen LogP contribution in [0, 0.1) is 32.1 Å². The molecule has 2 heterocycles. The third-order valence-electron chi connectivity index (χ3n) is 6.24. The highest BCUT2D eigenvalue weighted by molar-refractivity contribution is 8.19. The first kappa shape index (κ1) is 23.3. The number of carbonyl (C=O) groups excluding carboxylic acids is 1. The monoisotopic (exact) mass is 496 g/mol. The lowest BCUT2D eigenvalue weighted by Crippen LogP contribution is -2.29. The van der Waals surface area contributed by atoms with Crippen molar-refractivity contribution in [2.24, 2.45) is 4.99 Å². The maximum absolute atomic E-state index is 13.8. The molecule has 1 saturated heterocycles. The standard InChI is InChI=1S/C28H24N4OS2/c1-17-10-11-21(15-29)14-22(17)30-28-32(16-20-8-6-5-7-9-20)26(33)25(35-28)27-31(4)23-12-18(2)19(3)13-24(23)34-27/h5-14H,16H2,1-4H3. The molecule has 1 fully saturated rings. The van der Waals surface area contributed by atoms with E-state index in [4.69, 9.17) is 4.99 Å². The van der Waals surface area contributed by atoms with Crippen LogP contribution in [0.4, 0.5) is 11.4 Å². The van der Waals surface area contributed by atoms with Gasteiger partial charge in [0.15, 0.2) is 5.17 Å². The zero-order chi connectivity index (χ0) is 24.7. The topological polar surface area (TPSA) is 59.7 Å². The smallest absolute Gasteiger partial charge is 0.269 e. The van der Waals surface area contributed by atoms with E-state index in [-0.39, 0.29) is 5.91 Å². The molecular weight excluding hydrogens is 472 g/mol. The van der Waals surface area contributed by atoms with Gasteiger partial charge in [-0.3, -0.25) is 9.69 Å². The number of amidine groups is 1. The number of aryl methyl sites for hydroxylation is 3. The molecular formula is C28H24N4OS2. The van der Waals surface area contributed by atoms with Gasteiger partial charge in [0.25, 0.3) is 5.91 Å². The molecule has 0 N–H and O–H groups in total. The Bertz CT molecular complexity index is 1450. The summed E-state index contributed by atoms with van der Waals surface area (Å²) in [5.41, 5.74) is 6.82. The number of fused-ring (bicyclic) bond motifs is 1. The van der Waals surface area contributed by atoms with E-state index in [2.05, 4.69) is 36.9 Å². The lowest BCUT2D eigenvalue weighted by molar-refractivity contribution is -0.122. The fraction of sp³-hybridized carbons (Fsp3) is 0.179. The minimum absolute atomic E-state index is 0.0534. The molecule has 0 bridgehead atoms. The van der Waals surface area contributed by atoms with Gasteiger partial charge in [-0.25, -0.2) is 4.99 Å². The molecule has 5 rings (SSSR count). The van der Waals surface area contributed by atoms with Gasteiger partial charge in [0.1, 0.15) is 4.91 Å². The predicted octanol–water partition coefficient (Wildman–Crippen LogP) is 6.66. The fourth-order valence-corrected chi connectivity index (χ4v) is 6.44. The van der Waals surface area contributed by atoms with Crippen LogP contribution in [0.15, 0.2) is 80.5 Å². The Labute approximate surface area is 214 Å².